The molecule has 0 fully saturated rings. The fourth-order valence-corrected chi connectivity index (χ4v) is 3.48. The number of nitrogens with one attached hydrogen (secondary N) is 2. The van der Waals surface area contributed by atoms with Crippen molar-refractivity contribution in [3.05, 3.63) is 64.8 Å². The Kier molecular flexibility index (Phi) is 4.41. The molecule has 0 aliphatic carbocycles. The Balaban J connectivity index is 1.52. The molecule has 1 aliphatic rings. The van der Waals surface area contributed by atoms with Gasteiger partial charge in [-0.15, -0.1) is 0 Å². The summed E-state index contributed by atoms with van der Waals surface area (Å²) in [6.45, 7) is 2.23. The van der Waals surface area contributed by atoms with Gasteiger partial charge in [-0.05, 0) is 42.3 Å². The van der Waals surface area contributed by atoms with Gasteiger partial charge >= 0.3 is 0 Å². The van der Waals surface area contributed by atoms with Crippen LogP contribution in [0.3, 0.4) is 0 Å². The number of benzene rings is 2. The number of aromatic amines is 1. The number of hydrogen-bond acceptors (Lipinski definition) is 3. The molecule has 1 aliphatic heterocycles. The molecule has 0 unspecified atom stereocenters. The molecule has 7 heteroatoms. The van der Waals surface area contributed by atoms with Gasteiger partial charge in [-0.3, -0.25) is 14.7 Å². The molecule has 0 saturated heterocycles. The molecular weight excluding hydrogens is 364 g/mol. The van der Waals surface area contributed by atoms with E-state index in [0.717, 1.165) is 23.2 Å². The molecule has 2 heterocycles. The zero-order valence-corrected chi connectivity index (χ0v) is 15.4. The van der Waals surface area contributed by atoms with Crippen molar-refractivity contribution in [2.45, 2.75) is 13.3 Å². The molecule has 136 valence electrons. The molecule has 0 atom stereocenters. The third-order valence-corrected chi connectivity index (χ3v) is 4.91. The lowest BCUT2D eigenvalue weighted by Crippen LogP contribution is -2.25. The van der Waals surface area contributed by atoms with Crippen LogP contribution < -0.4 is 10.2 Å². The average Bonchev–Trinajstić information content (AvgIpc) is 3.29. The van der Waals surface area contributed by atoms with Crippen LogP contribution in [0.2, 0.25) is 5.02 Å². The number of carbonyl (C=O) groups is 2. The van der Waals surface area contributed by atoms with Gasteiger partial charge in [0.25, 0.3) is 5.91 Å². The van der Waals surface area contributed by atoms with E-state index in [-0.39, 0.29) is 11.8 Å². The maximum absolute atomic E-state index is 12.5. The Hall–Kier alpha value is -3.12. The largest absolute Gasteiger partial charge is 0.321 e. The minimum Gasteiger partial charge on any atom is -0.321 e. The Morgan fingerprint density at radius 3 is 2.78 bits per heavy atom. The van der Waals surface area contributed by atoms with Crippen LogP contribution in [0.4, 0.5) is 11.4 Å². The van der Waals surface area contributed by atoms with Crippen LogP contribution in [0.25, 0.3) is 11.3 Å². The first-order chi connectivity index (χ1) is 13.0. The Morgan fingerprint density at radius 1 is 1.19 bits per heavy atom. The van der Waals surface area contributed by atoms with E-state index in [1.165, 1.54) is 0 Å². The standard InChI is InChI=1S/C20H17ClN4O2/c1-12(26)25-9-8-13-10-14(6-7-19(13)25)22-20(27)18-11-17(23-24-18)15-4-2-3-5-16(15)21/h2-7,10-11H,8-9H2,1H3,(H,22,27)(H,23,24). The first-order valence-corrected chi connectivity index (χ1v) is 8.93. The Morgan fingerprint density at radius 2 is 2.00 bits per heavy atom. The van der Waals surface area contributed by atoms with Crippen LogP contribution in [0, 0.1) is 0 Å². The van der Waals surface area contributed by atoms with E-state index in [2.05, 4.69) is 15.5 Å². The molecule has 0 spiro atoms. The average molecular weight is 381 g/mol. The predicted octanol–water partition coefficient (Wildman–Crippen LogP) is 3.89. The molecule has 0 bridgehead atoms. The number of amides is 2. The van der Waals surface area contributed by atoms with E-state index >= 15 is 0 Å². The molecule has 0 saturated carbocycles. The predicted molar refractivity (Wildman–Crippen MR) is 105 cm³/mol. The molecule has 6 nitrogen and oxygen atoms in total. The summed E-state index contributed by atoms with van der Waals surface area (Å²) in [6, 6.07) is 14.6. The normalized spacial score (nSPS) is 12.7. The number of halogens is 1. The lowest BCUT2D eigenvalue weighted by atomic mass is 10.1. The van der Waals surface area contributed by atoms with E-state index in [0.29, 0.717) is 28.6 Å². The monoisotopic (exact) mass is 380 g/mol. The van der Waals surface area contributed by atoms with Gasteiger partial charge in [0.1, 0.15) is 5.69 Å². The van der Waals surface area contributed by atoms with Gasteiger partial charge < -0.3 is 10.2 Å². The summed E-state index contributed by atoms with van der Waals surface area (Å²) < 4.78 is 0. The van der Waals surface area contributed by atoms with Crippen LogP contribution in [-0.2, 0) is 11.2 Å². The van der Waals surface area contributed by atoms with Gasteiger partial charge in [-0.1, -0.05) is 29.8 Å². The van der Waals surface area contributed by atoms with Crippen LogP contribution in [0.5, 0.6) is 0 Å². The number of hydrogen-bond donors (Lipinski definition) is 2. The lowest BCUT2D eigenvalue weighted by molar-refractivity contribution is -0.116. The third-order valence-electron chi connectivity index (χ3n) is 4.59. The van der Waals surface area contributed by atoms with E-state index in [1.54, 1.807) is 30.0 Å². The van der Waals surface area contributed by atoms with Crippen molar-refractivity contribution in [3.8, 4) is 11.3 Å². The Labute approximate surface area is 161 Å². The third kappa shape index (κ3) is 3.31. The Bertz CT molecular complexity index is 1040. The summed E-state index contributed by atoms with van der Waals surface area (Å²) in [5.41, 5.74) is 4.34. The van der Waals surface area contributed by atoms with Crippen molar-refractivity contribution in [2.75, 3.05) is 16.8 Å². The minimum absolute atomic E-state index is 0.0232. The number of rotatable bonds is 3. The van der Waals surface area contributed by atoms with Crippen molar-refractivity contribution in [1.29, 1.82) is 0 Å². The van der Waals surface area contributed by atoms with Gasteiger partial charge in [-0.25, -0.2) is 0 Å². The van der Waals surface area contributed by atoms with Crippen molar-refractivity contribution in [2.24, 2.45) is 0 Å². The van der Waals surface area contributed by atoms with Gasteiger partial charge in [0.05, 0.1) is 10.7 Å². The van der Waals surface area contributed by atoms with Gasteiger partial charge in [0, 0.05) is 30.4 Å². The minimum atomic E-state index is -0.290. The fraction of sp³-hybridized carbons (Fsp3) is 0.150. The van der Waals surface area contributed by atoms with Crippen LogP contribution in [-0.4, -0.2) is 28.6 Å². The summed E-state index contributed by atoms with van der Waals surface area (Å²) in [5, 5.41) is 10.4. The van der Waals surface area contributed by atoms with Crippen molar-refractivity contribution < 1.29 is 9.59 Å². The topological polar surface area (TPSA) is 78.1 Å². The number of aromatic nitrogens is 2. The molecule has 0 radical (unpaired) electrons. The molecule has 2 amide bonds. The molecule has 2 aromatic carbocycles. The number of nitrogens with zero attached hydrogens (tertiary/aromatic N) is 2. The molecule has 4 rings (SSSR count). The highest BCUT2D eigenvalue weighted by molar-refractivity contribution is 6.33. The summed E-state index contributed by atoms with van der Waals surface area (Å²) in [6.07, 6.45) is 0.777. The quantitative estimate of drug-likeness (QED) is 0.723. The summed E-state index contributed by atoms with van der Waals surface area (Å²) in [7, 11) is 0. The summed E-state index contributed by atoms with van der Waals surface area (Å²) in [5.74, 6) is -0.266. The highest BCUT2D eigenvalue weighted by Crippen LogP contribution is 2.31. The highest BCUT2D eigenvalue weighted by atomic mass is 35.5. The van der Waals surface area contributed by atoms with Crippen molar-refractivity contribution >= 4 is 34.8 Å². The molecular formula is C20H17ClN4O2. The second-order valence-electron chi connectivity index (χ2n) is 6.36. The second kappa shape index (κ2) is 6.89. The maximum atomic E-state index is 12.5. The SMILES string of the molecule is CC(=O)N1CCc2cc(NC(=O)c3cc(-c4ccccc4Cl)n[nH]3)ccc21. The maximum Gasteiger partial charge on any atom is 0.273 e. The number of H-pyrrole nitrogens is 1. The zero-order chi connectivity index (χ0) is 19.0. The molecule has 27 heavy (non-hydrogen) atoms. The van der Waals surface area contributed by atoms with Crippen molar-refractivity contribution in [1.82, 2.24) is 10.2 Å². The summed E-state index contributed by atoms with van der Waals surface area (Å²) in [4.78, 5) is 25.9. The number of carbonyl (C=O) groups excluding carboxylic acids is 2. The van der Waals surface area contributed by atoms with Gasteiger partial charge in [-0.2, -0.15) is 5.10 Å². The fourth-order valence-electron chi connectivity index (χ4n) is 3.25. The number of fused-ring (bicyclic) bond motifs is 1. The summed E-state index contributed by atoms with van der Waals surface area (Å²) >= 11 is 6.18. The van der Waals surface area contributed by atoms with Crippen LogP contribution in [0.15, 0.2) is 48.5 Å². The van der Waals surface area contributed by atoms with E-state index in [9.17, 15) is 9.59 Å². The molecule has 1 aromatic heterocycles. The van der Waals surface area contributed by atoms with Gasteiger partial charge in [0.15, 0.2) is 0 Å². The van der Waals surface area contributed by atoms with Crippen LogP contribution >= 0.6 is 11.6 Å². The van der Waals surface area contributed by atoms with Crippen LogP contribution in [0.1, 0.15) is 23.0 Å². The first kappa shape index (κ1) is 17.3. The van der Waals surface area contributed by atoms with Gasteiger partial charge in [0.2, 0.25) is 5.91 Å². The highest BCUT2D eigenvalue weighted by Gasteiger charge is 2.22. The second-order valence-corrected chi connectivity index (χ2v) is 6.77. The van der Waals surface area contributed by atoms with E-state index < -0.39 is 0 Å². The van der Waals surface area contributed by atoms with E-state index in [4.69, 9.17) is 11.6 Å². The lowest BCUT2D eigenvalue weighted by Gasteiger charge is -2.15. The zero-order valence-electron chi connectivity index (χ0n) is 14.6. The van der Waals surface area contributed by atoms with Crippen molar-refractivity contribution in [3.63, 3.8) is 0 Å². The number of anilines is 2. The smallest absolute Gasteiger partial charge is 0.273 e. The molecule has 3 aromatic rings. The molecule has 2 N–H and O–H groups in total. The first-order valence-electron chi connectivity index (χ1n) is 8.55. The van der Waals surface area contributed by atoms with E-state index in [1.807, 2.05) is 30.3 Å².